The molecule has 0 aliphatic carbocycles. The first kappa shape index (κ1) is 16.2. The van der Waals surface area contributed by atoms with Gasteiger partial charge in [-0.25, -0.2) is 5.43 Å². The molecule has 1 aromatic carbocycles. The zero-order chi connectivity index (χ0) is 16.1. The van der Waals surface area contributed by atoms with Crippen molar-refractivity contribution in [3.05, 3.63) is 50.7 Å². The molecule has 1 N–H and O–H groups in total. The van der Waals surface area contributed by atoms with Gasteiger partial charge in [0, 0.05) is 4.88 Å². The predicted molar refractivity (Wildman–Crippen MR) is 90.9 cm³/mol. The zero-order valence-electron chi connectivity index (χ0n) is 13.3. The average Bonchev–Trinajstić information content (AvgIpc) is 2.89. The predicted octanol–water partition coefficient (Wildman–Crippen LogP) is 3.51. The van der Waals surface area contributed by atoms with Crippen LogP contribution in [0.4, 0.5) is 0 Å². The lowest BCUT2D eigenvalue weighted by molar-refractivity contribution is -0.123. The Hall–Kier alpha value is -2.14. The van der Waals surface area contributed by atoms with Gasteiger partial charge in [-0.2, -0.15) is 5.10 Å². The Balaban J connectivity index is 1.90. The van der Waals surface area contributed by atoms with Crippen molar-refractivity contribution in [1.29, 1.82) is 0 Å². The monoisotopic (exact) mass is 316 g/mol. The van der Waals surface area contributed by atoms with Crippen molar-refractivity contribution in [2.24, 2.45) is 5.10 Å². The molecule has 2 aromatic rings. The van der Waals surface area contributed by atoms with E-state index in [0.717, 1.165) is 32.9 Å². The Kier molecular flexibility index (Phi) is 5.33. The molecule has 0 bridgehead atoms. The van der Waals surface area contributed by atoms with E-state index in [-0.39, 0.29) is 12.5 Å². The molecule has 1 heterocycles. The average molecular weight is 316 g/mol. The third kappa shape index (κ3) is 3.95. The van der Waals surface area contributed by atoms with Crippen molar-refractivity contribution in [2.75, 3.05) is 6.61 Å². The summed E-state index contributed by atoms with van der Waals surface area (Å²) in [5.41, 5.74) is 6.86. The largest absolute Gasteiger partial charge is 0.483 e. The molecule has 0 radical (unpaired) electrons. The highest BCUT2D eigenvalue weighted by molar-refractivity contribution is 7.11. The molecule has 0 aliphatic rings. The molecule has 1 amide bonds. The summed E-state index contributed by atoms with van der Waals surface area (Å²) in [4.78, 5) is 12.8. The van der Waals surface area contributed by atoms with Crippen LogP contribution in [0.15, 0.2) is 28.7 Å². The first-order chi connectivity index (χ1) is 10.5. The molecule has 0 fully saturated rings. The van der Waals surface area contributed by atoms with Gasteiger partial charge in [0.1, 0.15) is 5.75 Å². The molecular formula is C17H20N2O2S. The number of thiophene rings is 1. The van der Waals surface area contributed by atoms with Crippen molar-refractivity contribution < 1.29 is 9.53 Å². The van der Waals surface area contributed by atoms with Crippen LogP contribution in [-0.2, 0) is 4.79 Å². The fourth-order valence-electron chi connectivity index (χ4n) is 2.00. The van der Waals surface area contributed by atoms with Gasteiger partial charge in [0.15, 0.2) is 6.61 Å². The molecule has 4 nitrogen and oxygen atoms in total. The fourth-order valence-corrected chi connectivity index (χ4v) is 2.78. The SMILES string of the molecule is Cc1ccsc1C=NNC(=O)COc1c(C)ccc(C)c1C. The minimum Gasteiger partial charge on any atom is -0.483 e. The Bertz CT molecular complexity index is 705. The zero-order valence-corrected chi connectivity index (χ0v) is 14.1. The number of benzene rings is 1. The van der Waals surface area contributed by atoms with Gasteiger partial charge in [-0.3, -0.25) is 4.79 Å². The number of hydrogen-bond acceptors (Lipinski definition) is 4. The van der Waals surface area contributed by atoms with Gasteiger partial charge in [0.25, 0.3) is 5.91 Å². The molecule has 0 aliphatic heterocycles. The van der Waals surface area contributed by atoms with E-state index in [4.69, 9.17) is 4.74 Å². The number of carbonyl (C=O) groups is 1. The standard InChI is InChI=1S/C17H20N2O2S/c1-11-5-6-13(3)17(14(11)4)21-10-16(20)19-18-9-15-12(2)7-8-22-15/h5-9H,10H2,1-4H3,(H,19,20). The van der Waals surface area contributed by atoms with Gasteiger partial charge in [0.2, 0.25) is 0 Å². The second kappa shape index (κ2) is 7.22. The summed E-state index contributed by atoms with van der Waals surface area (Å²) in [5, 5.41) is 5.95. The Morgan fingerprint density at radius 2 is 1.91 bits per heavy atom. The van der Waals surface area contributed by atoms with E-state index < -0.39 is 0 Å². The number of hydrogen-bond donors (Lipinski definition) is 1. The molecular weight excluding hydrogens is 296 g/mol. The van der Waals surface area contributed by atoms with Gasteiger partial charge in [0.05, 0.1) is 6.21 Å². The number of ether oxygens (including phenoxy) is 1. The van der Waals surface area contributed by atoms with Gasteiger partial charge >= 0.3 is 0 Å². The summed E-state index contributed by atoms with van der Waals surface area (Å²) in [5.74, 6) is 0.499. The van der Waals surface area contributed by atoms with E-state index >= 15 is 0 Å². The Morgan fingerprint density at radius 3 is 2.59 bits per heavy atom. The highest BCUT2D eigenvalue weighted by Crippen LogP contribution is 2.25. The van der Waals surface area contributed by atoms with Crippen LogP contribution in [0, 0.1) is 27.7 Å². The number of nitrogens with one attached hydrogen (secondary N) is 1. The number of nitrogens with zero attached hydrogens (tertiary/aromatic N) is 1. The van der Waals surface area contributed by atoms with Crippen LogP contribution in [0.3, 0.4) is 0 Å². The summed E-state index contributed by atoms with van der Waals surface area (Å²) in [6.45, 7) is 7.94. The highest BCUT2D eigenvalue weighted by atomic mass is 32.1. The maximum absolute atomic E-state index is 11.8. The molecule has 0 spiro atoms. The quantitative estimate of drug-likeness (QED) is 0.678. The van der Waals surface area contributed by atoms with Crippen LogP contribution >= 0.6 is 11.3 Å². The Labute approximate surface area is 134 Å². The maximum atomic E-state index is 11.8. The number of amides is 1. The van der Waals surface area contributed by atoms with E-state index in [9.17, 15) is 4.79 Å². The van der Waals surface area contributed by atoms with Crippen LogP contribution in [0.25, 0.3) is 0 Å². The second-order valence-electron chi connectivity index (χ2n) is 5.20. The van der Waals surface area contributed by atoms with Crippen molar-refractivity contribution in [3.8, 4) is 5.75 Å². The molecule has 5 heteroatoms. The number of carbonyl (C=O) groups excluding carboxylic acids is 1. The minimum atomic E-state index is -0.272. The third-order valence-corrected chi connectivity index (χ3v) is 4.45. The smallest absolute Gasteiger partial charge is 0.277 e. The summed E-state index contributed by atoms with van der Waals surface area (Å²) >= 11 is 1.59. The molecule has 0 atom stereocenters. The van der Waals surface area contributed by atoms with Crippen LogP contribution in [-0.4, -0.2) is 18.7 Å². The maximum Gasteiger partial charge on any atom is 0.277 e. The normalized spacial score (nSPS) is 10.9. The van der Waals surface area contributed by atoms with Crippen LogP contribution in [0.1, 0.15) is 27.1 Å². The van der Waals surface area contributed by atoms with Gasteiger partial charge in [-0.05, 0) is 61.4 Å². The minimum absolute atomic E-state index is 0.0497. The molecule has 0 saturated carbocycles. The lowest BCUT2D eigenvalue weighted by Crippen LogP contribution is -2.25. The molecule has 0 saturated heterocycles. The fraction of sp³-hybridized carbons (Fsp3) is 0.294. The van der Waals surface area contributed by atoms with Crippen molar-refractivity contribution in [3.63, 3.8) is 0 Å². The molecule has 0 unspecified atom stereocenters. The first-order valence-corrected chi connectivity index (χ1v) is 7.92. The second-order valence-corrected chi connectivity index (χ2v) is 6.15. The van der Waals surface area contributed by atoms with E-state index in [1.807, 2.05) is 51.3 Å². The van der Waals surface area contributed by atoms with E-state index in [0.29, 0.717) is 0 Å². The number of rotatable bonds is 5. The van der Waals surface area contributed by atoms with Crippen molar-refractivity contribution >= 4 is 23.5 Å². The third-order valence-electron chi connectivity index (χ3n) is 3.49. The summed E-state index contributed by atoms with van der Waals surface area (Å²) in [7, 11) is 0. The van der Waals surface area contributed by atoms with E-state index in [2.05, 4.69) is 10.5 Å². The van der Waals surface area contributed by atoms with Gasteiger partial charge < -0.3 is 4.74 Å². The highest BCUT2D eigenvalue weighted by Gasteiger charge is 2.08. The summed E-state index contributed by atoms with van der Waals surface area (Å²) in [6, 6.07) is 6.05. The van der Waals surface area contributed by atoms with E-state index in [1.165, 1.54) is 0 Å². The lowest BCUT2D eigenvalue weighted by atomic mass is 10.1. The van der Waals surface area contributed by atoms with Crippen LogP contribution < -0.4 is 10.2 Å². The Morgan fingerprint density at radius 1 is 1.18 bits per heavy atom. The van der Waals surface area contributed by atoms with Crippen LogP contribution in [0.5, 0.6) is 5.75 Å². The first-order valence-electron chi connectivity index (χ1n) is 7.04. The van der Waals surface area contributed by atoms with Crippen molar-refractivity contribution in [2.45, 2.75) is 27.7 Å². The summed E-state index contributed by atoms with van der Waals surface area (Å²) in [6.07, 6.45) is 1.65. The van der Waals surface area contributed by atoms with Gasteiger partial charge in [-0.1, -0.05) is 12.1 Å². The molecule has 22 heavy (non-hydrogen) atoms. The number of aryl methyl sites for hydroxylation is 3. The van der Waals surface area contributed by atoms with E-state index in [1.54, 1.807) is 17.6 Å². The molecule has 116 valence electrons. The molecule has 1 aromatic heterocycles. The van der Waals surface area contributed by atoms with Crippen molar-refractivity contribution in [1.82, 2.24) is 5.43 Å². The van der Waals surface area contributed by atoms with Gasteiger partial charge in [-0.15, -0.1) is 11.3 Å². The lowest BCUT2D eigenvalue weighted by Gasteiger charge is -2.13. The number of hydrazone groups is 1. The van der Waals surface area contributed by atoms with Crippen LogP contribution in [0.2, 0.25) is 0 Å². The molecule has 2 rings (SSSR count). The summed E-state index contributed by atoms with van der Waals surface area (Å²) < 4.78 is 5.64. The topological polar surface area (TPSA) is 50.7 Å².